The van der Waals surface area contributed by atoms with Crippen LogP contribution in [0.3, 0.4) is 0 Å². The lowest BCUT2D eigenvalue weighted by atomic mass is 10.1. The number of hydrogen-bond acceptors (Lipinski definition) is 6. The van der Waals surface area contributed by atoms with Crippen molar-refractivity contribution in [1.29, 1.82) is 0 Å². The second kappa shape index (κ2) is 12.3. The summed E-state index contributed by atoms with van der Waals surface area (Å²) in [6.07, 6.45) is 3.66. The third-order valence-corrected chi connectivity index (χ3v) is 6.61. The molecule has 3 amide bonds. The second-order valence-corrected chi connectivity index (χ2v) is 9.39. The molecule has 1 saturated heterocycles. The Kier molecular flexibility index (Phi) is 8.64. The largest absolute Gasteiger partial charge is 0.493 e. The van der Waals surface area contributed by atoms with E-state index in [0.29, 0.717) is 34.3 Å². The van der Waals surface area contributed by atoms with Crippen LogP contribution in [-0.2, 0) is 11.3 Å². The normalized spacial score (nSPS) is 14.2. The van der Waals surface area contributed by atoms with Gasteiger partial charge in [-0.2, -0.15) is 0 Å². The van der Waals surface area contributed by atoms with E-state index < -0.39 is 0 Å². The third-order valence-electron chi connectivity index (χ3n) is 5.70. The average Bonchev–Trinajstić information content (AvgIpc) is 3.17. The molecule has 7 nitrogen and oxygen atoms in total. The van der Waals surface area contributed by atoms with E-state index in [1.165, 1.54) is 4.90 Å². The van der Waals surface area contributed by atoms with E-state index in [-0.39, 0.29) is 23.6 Å². The van der Waals surface area contributed by atoms with E-state index in [4.69, 9.17) is 9.47 Å². The predicted octanol–water partition coefficient (Wildman–Crippen LogP) is 6.36. The highest BCUT2D eigenvalue weighted by molar-refractivity contribution is 8.18. The second-order valence-electron chi connectivity index (χ2n) is 8.40. The Labute approximate surface area is 220 Å². The molecule has 37 heavy (non-hydrogen) atoms. The van der Waals surface area contributed by atoms with Gasteiger partial charge in [0.1, 0.15) is 0 Å². The van der Waals surface area contributed by atoms with Gasteiger partial charge in [0.15, 0.2) is 11.5 Å². The molecule has 1 aliphatic rings. The summed E-state index contributed by atoms with van der Waals surface area (Å²) in [5, 5.41) is 2.49. The number of thioether (sulfide) groups is 1. The lowest BCUT2D eigenvalue weighted by Crippen LogP contribution is -2.27. The number of carbonyl (C=O) groups excluding carboxylic acids is 3. The molecule has 0 saturated carbocycles. The Morgan fingerprint density at radius 1 is 1.00 bits per heavy atom. The highest BCUT2D eigenvalue weighted by atomic mass is 32.2. The first kappa shape index (κ1) is 26.0. The lowest BCUT2D eigenvalue weighted by molar-refractivity contribution is -0.123. The molecule has 1 N–H and O–H groups in total. The number of para-hydroxylation sites is 1. The smallest absolute Gasteiger partial charge is 0.293 e. The first-order valence-corrected chi connectivity index (χ1v) is 12.8. The summed E-state index contributed by atoms with van der Waals surface area (Å²) in [6.45, 7) is 2.82. The summed E-state index contributed by atoms with van der Waals surface area (Å²) < 4.78 is 11.2. The van der Waals surface area contributed by atoms with Crippen LogP contribution in [-0.4, -0.2) is 35.7 Å². The molecule has 0 unspecified atom stereocenters. The van der Waals surface area contributed by atoms with Gasteiger partial charge in [-0.05, 0) is 71.8 Å². The average molecular weight is 517 g/mol. The zero-order valence-electron chi connectivity index (χ0n) is 20.7. The monoisotopic (exact) mass is 516 g/mol. The van der Waals surface area contributed by atoms with Gasteiger partial charge in [-0.3, -0.25) is 19.3 Å². The zero-order chi connectivity index (χ0) is 26.2. The summed E-state index contributed by atoms with van der Waals surface area (Å²) in [6, 6.07) is 21.5. The van der Waals surface area contributed by atoms with Crippen molar-refractivity contribution in [2.24, 2.45) is 0 Å². The Bertz CT molecular complexity index is 1310. The number of unbranched alkanes of at least 4 members (excludes halogenated alkanes) is 1. The Hall–Kier alpha value is -4.04. The predicted molar refractivity (Wildman–Crippen MR) is 146 cm³/mol. The van der Waals surface area contributed by atoms with Crippen LogP contribution in [0.5, 0.6) is 11.5 Å². The maximum atomic E-state index is 13.0. The van der Waals surface area contributed by atoms with Crippen LogP contribution in [0, 0.1) is 0 Å². The van der Waals surface area contributed by atoms with Crippen molar-refractivity contribution in [1.82, 2.24) is 4.90 Å². The van der Waals surface area contributed by atoms with Crippen LogP contribution in [0.2, 0.25) is 0 Å². The number of amides is 3. The number of benzene rings is 3. The van der Waals surface area contributed by atoms with E-state index >= 15 is 0 Å². The van der Waals surface area contributed by atoms with Crippen molar-refractivity contribution in [2.75, 3.05) is 19.0 Å². The van der Waals surface area contributed by atoms with Gasteiger partial charge >= 0.3 is 0 Å². The molecule has 1 heterocycles. The van der Waals surface area contributed by atoms with Crippen LogP contribution in [0.15, 0.2) is 77.7 Å². The number of hydrogen-bond donors (Lipinski definition) is 1. The van der Waals surface area contributed by atoms with Crippen molar-refractivity contribution < 1.29 is 23.9 Å². The van der Waals surface area contributed by atoms with Crippen molar-refractivity contribution in [3.05, 3.63) is 94.4 Å². The highest BCUT2D eigenvalue weighted by Crippen LogP contribution is 2.35. The number of methoxy groups -OCH3 is 1. The molecule has 0 spiro atoms. The number of rotatable bonds is 10. The lowest BCUT2D eigenvalue weighted by Gasteiger charge is -2.13. The number of ether oxygens (including phenoxy) is 2. The van der Waals surface area contributed by atoms with Gasteiger partial charge in [0.25, 0.3) is 17.1 Å². The fraction of sp³-hybridized carbons (Fsp3) is 0.207. The first-order valence-electron chi connectivity index (χ1n) is 12.0. The summed E-state index contributed by atoms with van der Waals surface area (Å²) in [5.41, 5.74) is 2.67. The van der Waals surface area contributed by atoms with Crippen molar-refractivity contribution in [3.8, 4) is 11.5 Å². The fourth-order valence-electron chi connectivity index (χ4n) is 3.68. The van der Waals surface area contributed by atoms with Crippen molar-refractivity contribution >= 4 is 40.6 Å². The minimum Gasteiger partial charge on any atom is -0.493 e. The van der Waals surface area contributed by atoms with E-state index in [0.717, 1.165) is 35.7 Å². The number of anilines is 1. The van der Waals surface area contributed by atoms with Gasteiger partial charge in [0.2, 0.25) is 0 Å². The maximum absolute atomic E-state index is 13.0. The molecule has 1 aliphatic heterocycles. The van der Waals surface area contributed by atoms with Gasteiger partial charge in [0.05, 0.1) is 25.2 Å². The molecular formula is C29H28N2O5S. The van der Waals surface area contributed by atoms with Crippen LogP contribution in [0.4, 0.5) is 10.5 Å². The van der Waals surface area contributed by atoms with E-state index in [1.807, 2.05) is 36.4 Å². The quantitative estimate of drug-likeness (QED) is 0.249. The minimum absolute atomic E-state index is 0.121. The topological polar surface area (TPSA) is 84.9 Å². The summed E-state index contributed by atoms with van der Waals surface area (Å²) in [7, 11) is 1.57. The Morgan fingerprint density at radius 3 is 2.46 bits per heavy atom. The molecule has 1 fully saturated rings. The number of carbonyl (C=O) groups is 3. The van der Waals surface area contributed by atoms with Crippen molar-refractivity contribution in [2.45, 2.75) is 26.3 Å². The fourth-order valence-corrected chi connectivity index (χ4v) is 4.51. The highest BCUT2D eigenvalue weighted by Gasteiger charge is 2.35. The molecule has 0 aromatic heterocycles. The zero-order valence-corrected chi connectivity index (χ0v) is 21.5. The Balaban J connectivity index is 1.41. The summed E-state index contributed by atoms with van der Waals surface area (Å²) in [4.78, 5) is 39.6. The van der Waals surface area contributed by atoms with Crippen LogP contribution in [0.25, 0.3) is 6.08 Å². The SMILES string of the molecule is CCCCOc1ccc(/C=C2\SC(=O)N(Cc3ccc(C(=O)Nc4ccccc4)cc3)C2=O)cc1OC. The van der Waals surface area contributed by atoms with E-state index in [1.54, 1.807) is 49.6 Å². The van der Waals surface area contributed by atoms with Crippen molar-refractivity contribution in [3.63, 3.8) is 0 Å². The molecule has 0 atom stereocenters. The maximum Gasteiger partial charge on any atom is 0.293 e. The minimum atomic E-state index is -0.358. The standard InChI is InChI=1S/C29H28N2O5S/c1-3-4-16-36-24-15-12-21(17-25(24)35-2)18-26-28(33)31(29(34)37-26)19-20-10-13-22(14-11-20)27(32)30-23-8-6-5-7-9-23/h5-15,17-18H,3-4,16,19H2,1-2H3,(H,30,32)/b26-18-. The van der Waals surface area contributed by atoms with Crippen LogP contribution >= 0.6 is 11.8 Å². The number of imide groups is 1. The Morgan fingerprint density at radius 2 is 1.76 bits per heavy atom. The van der Waals surface area contributed by atoms with Gasteiger partial charge in [-0.1, -0.05) is 49.7 Å². The molecule has 190 valence electrons. The van der Waals surface area contributed by atoms with E-state index in [2.05, 4.69) is 12.2 Å². The number of nitrogens with one attached hydrogen (secondary N) is 1. The van der Waals surface area contributed by atoms with Gasteiger partial charge in [-0.25, -0.2) is 0 Å². The summed E-state index contributed by atoms with van der Waals surface area (Å²) in [5.74, 6) is 0.620. The van der Waals surface area contributed by atoms with Gasteiger partial charge < -0.3 is 14.8 Å². The van der Waals surface area contributed by atoms with Crippen LogP contribution < -0.4 is 14.8 Å². The molecule has 0 bridgehead atoms. The first-order chi connectivity index (χ1) is 18.0. The molecule has 0 radical (unpaired) electrons. The van der Waals surface area contributed by atoms with Gasteiger partial charge in [-0.15, -0.1) is 0 Å². The van der Waals surface area contributed by atoms with Gasteiger partial charge in [0, 0.05) is 11.3 Å². The molecule has 3 aromatic carbocycles. The molecular weight excluding hydrogens is 488 g/mol. The van der Waals surface area contributed by atoms with E-state index in [9.17, 15) is 14.4 Å². The summed E-state index contributed by atoms with van der Waals surface area (Å²) >= 11 is 0.902. The van der Waals surface area contributed by atoms with Crippen LogP contribution in [0.1, 0.15) is 41.3 Å². The molecule has 3 aromatic rings. The molecule has 4 rings (SSSR count). The molecule has 0 aliphatic carbocycles. The molecule has 8 heteroatoms. The third kappa shape index (κ3) is 6.59. The number of nitrogens with zero attached hydrogens (tertiary/aromatic N) is 1.